The topological polar surface area (TPSA) is 17.1 Å². The van der Waals surface area contributed by atoms with Crippen molar-refractivity contribution in [3.05, 3.63) is 47.6 Å². The van der Waals surface area contributed by atoms with E-state index < -0.39 is 0 Å². The Labute approximate surface area is 116 Å². The number of fused-ring (bicyclic) bond motifs is 1. The van der Waals surface area contributed by atoms with Crippen LogP contribution in [0.2, 0.25) is 0 Å². The summed E-state index contributed by atoms with van der Waals surface area (Å²) >= 11 is 1.38. The van der Waals surface area contributed by atoms with Crippen molar-refractivity contribution in [3.63, 3.8) is 0 Å². The van der Waals surface area contributed by atoms with Gasteiger partial charge in [0.25, 0.3) is 0 Å². The Morgan fingerprint density at radius 3 is 2.89 bits per heavy atom. The largest absolute Gasteiger partial charge is 0.293 e. The van der Waals surface area contributed by atoms with Crippen molar-refractivity contribution in [1.29, 1.82) is 0 Å². The number of Topliss-reactive ketones (excluding diaryl/α,β-unsaturated/α-hetero) is 1. The Morgan fingerprint density at radius 1 is 1.26 bits per heavy atom. The quantitative estimate of drug-likeness (QED) is 0.378. The van der Waals surface area contributed by atoms with Crippen LogP contribution in [0.3, 0.4) is 0 Å². The normalized spacial score (nSPS) is 10.8. The van der Waals surface area contributed by atoms with E-state index in [9.17, 15) is 9.18 Å². The summed E-state index contributed by atoms with van der Waals surface area (Å²) < 4.78 is 13.9. The molecule has 0 N–H and O–H groups in total. The molecule has 0 aliphatic heterocycles. The predicted molar refractivity (Wildman–Crippen MR) is 79.4 cm³/mol. The van der Waals surface area contributed by atoms with Crippen molar-refractivity contribution in [2.75, 3.05) is 0 Å². The van der Waals surface area contributed by atoms with Gasteiger partial charge < -0.3 is 0 Å². The second-order valence-corrected chi connectivity index (χ2v) is 5.69. The monoisotopic (exact) mass is 276 g/mol. The minimum absolute atomic E-state index is 0.167. The fraction of sp³-hybridized carbons (Fsp3) is 0.312. The van der Waals surface area contributed by atoms with Gasteiger partial charge in [-0.3, -0.25) is 4.79 Å². The van der Waals surface area contributed by atoms with Crippen molar-refractivity contribution >= 4 is 27.2 Å². The van der Waals surface area contributed by atoms with E-state index in [1.165, 1.54) is 23.5 Å². The molecule has 2 aromatic rings. The zero-order valence-corrected chi connectivity index (χ0v) is 11.6. The summed E-state index contributed by atoms with van der Waals surface area (Å²) in [5.74, 6) is -0.0852. The number of ketones is 1. The number of hydrogen-bond donors (Lipinski definition) is 0. The number of rotatable bonds is 7. The van der Waals surface area contributed by atoms with E-state index in [2.05, 4.69) is 6.58 Å². The molecule has 1 aromatic heterocycles. The Morgan fingerprint density at radius 2 is 2.11 bits per heavy atom. The molecule has 100 valence electrons. The van der Waals surface area contributed by atoms with Crippen LogP contribution in [0, 0.1) is 5.82 Å². The number of unbranched alkanes of at least 4 members (excludes halogenated alkanes) is 3. The van der Waals surface area contributed by atoms with E-state index >= 15 is 0 Å². The van der Waals surface area contributed by atoms with Gasteiger partial charge in [0, 0.05) is 11.1 Å². The number of thiophene rings is 1. The average molecular weight is 276 g/mol. The van der Waals surface area contributed by atoms with Crippen LogP contribution in [0.15, 0.2) is 36.9 Å². The highest BCUT2D eigenvalue weighted by atomic mass is 32.1. The third kappa shape index (κ3) is 3.74. The Hall–Kier alpha value is -1.48. The lowest BCUT2D eigenvalue weighted by molar-refractivity contribution is 0.0983. The fourth-order valence-corrected chi connectivity index (χ4v) is 3.07. The molecule has 0 amide bonds. The number of allylic oxidation sites excluding steroid dienone is 1. The molecule has 3 heteroatoms. The summed E-state index contributed by atoms with van der Waals surface area (Å²) in [5.41, 5.74) is 0. The molecule has 0 fully saturated rings. The number of hydrogen-bond acceptors (Lipinski definition) is 2. The van der Waals surface area contributed by atoms with Gasteiger partial charge in [0.2, 0.25) is 0 Å². The molecule has 19 heavy (non-hydrogen) atoms. The Bertz CT molecular complexity index is 585. The molecule has 0 saturated heterocycles. The molecular formula is C16H17FOS. The van der Waals surface area contributed by atoms with Crippen LogP contribution in [0.5, 0.6) is 0 Å². The molecule has 0 aliphatic rings. The summed E-state index contributed by atoms with van der Waals surface area (Å²) in [4.78, 5) is 12.8. The zero-order valence-electron chi connectivity index (χ0n) is 10.8. The molecule has 0 saturated carbocycles. The first-order valence-electron chi connectivity index (χ1n) is 6.54. The molecule has 1 heterocycles. The Balaban J connectivity index is 1.95. The standard InChI is InChI=1S/C16H17FOS/c1-2-3-4-5-6-7-14(18)16-10-12-8-9-13(17)11-15(12)19-16/h2,8-11H,1,3-7H2. The minimum Gasteiger partial charge on any atom is -0.293 e. The molecule has 0 atom stereocenters. The average Bonchev–Trinajstić information content (AvgIpc) is 2.81. The molecule has 1 nitrogen and oxygen atoms in total. The van der Waals surface area contributed by atoms with Crippen LogP contribution in [-0.4, -0.2) is 5.78 Å². The van der Waals surface area contributed by atoms with Crippen molar-refractivity contribution < 1.29 is 9.18 Å². The summed E-state index contributed by atoms with van der Waals surface area (Å²) in [7, 11) is 0. The van der Waals surface area contributed by atoms with Crippen LogP contribution in [-0.2, 0) is 0 Å². The highest BCUT2D eigenvalue weighted by Gasteiger charge is 2.10. The van der Waals surface area contributed by atoms with E-state index in [0.717, 1.165) is 40.6 Å². The van der Waals surface area contributed by atoms with E-state index in [4.69, 9.17) is 0 Å². The van der Waals surface area contributed by atoms with Crippen LogP contribution in [0.4, 0.5) is 4.39 Å². The van der Waals surface area contributed by atoms with Crippen LogP contribution in [0.1, 0.15) is 41.8 Å². The second-order valence-electron chi connectivity index (χ2n) is 4.60. The highest BCUT2D eigenvalue weighted by Crippen LogP contribution is 2.27. The third-order valence-electron chi connectivity index (χ3n) is 3.07. The fourth-order valence-electron chi connectivity index (χ4n) is 2.02. The van der Waals surface area contributed by atoms with Gasteiger partial charge in [-0.05, 0) is 42.8 Å². The first kappa shape index (κ1) is 13.9. The number of carbonyl (C=O) groups is 1. The van der Waals surface area contributed by atoms with Gasteiger partial charge in [-0.25, -0.2) is 4.39 Å². The second kappa shape index (κ2) is 6.62. The van der Waals surface area contributed by atoms with Crippen molar-refractivity contribution in [1.82, 2.24) is 0 Å². The van der Waals surface area contributed by atoms with Gasteiger partial charge in [-0.1, -0.05) is 18.6 Å². The van der Waals surface area contributed by atoms with Crippen molar-refractivity contribution in [2.45, 2.75) is 32.1 Å². The number of carbonyl (C=O) groups excluding carboxylic acids is 1. The van der Waals surface area contributed by atoms with Gasteiger partial charge in [-0.2, -0.15) is 0 Å². The van der Waals surface area contributed by atoms with Gasteiger partial charge in [0.05, 0.1) is 4.88 Å². The van der Waals surface area contributed by atoms with Gasteiger partial charge in [-0.15, -0.1) is 17.9 Å². The third-order valence-corrected chi connectivity index (χ3v) is 4.21. The maximum atomic E-state index is 13.1. The number of benzene rings is 1. The highest BCUT2D eigenvalue weighted by molar-refractivity contribution is 7.20. The smallest absolute Gasteiger partial charge is 0.172 e. The molecule has 2 rings (SSSR count). The molecule has 1 aromatic carbocycles. The van der Waals surface area contributed by atoms with Gasteiger partial charge in [0.15, 0.2) is 5.78 Å². The molecule has 0 radical (unpaired) electrons. The van der Waals surface area contributed by atoms with Gasteiger partial charge >= 0.3 is 0 Å². The molecule has 0 bridgehead atoms. The van der Waals surface area contributed by atoms with E-state index in [-0.39, 0.29) is 11.6 Å². The first-order chi connectivity index (χ1) is 9.20. The van der Waals surface area contributed by atoms with E-state index in [0.29, 0.717) is 6.42 Å². The summed E-state index contributed by atoms with van der Waals surface area (Å²) in [6.45, 7) is 3.68. The number of halogens is 1. The minimum atomic E-state index is -0.252. The lowest BCUT2D eigenvalue weighted by Gasteiger charge is -1.97. The first-order valence-corrected chi connectivity index (χ1v) is 7.35. The van der Waals surface area contributed by atoms with Gasteiger partial charge in [0.1, 0.15) is 5.82 Å². The van der Waals surface area contributed by atoms with Crippen LogP contribution in [0.25, 0.3) is 10.1 Å². The summed E-state index contributed by atoms with van der Waals surface area (Å²) in [6, 6.07) is 6.51. The predicted octanol–water partition coefficient (Wildman–Crippen LogP) is 5.36. The molecule has 0 unspecified atom stereocenters. The molecular weight excluding hydrogens is 259 g/mol. The lowest BCUT2D eigenvalue weighted by atomic mass is 10.1. The van der Waals surface area contributed by atoms with Crippen LogP contribution < -0.4 is 0 Å². The van der Waals surface area contributed by atoms with E-state index in [1.54, 1.807) is 6.07 Å². The summed E-state index contributed by atoms with van der Waals surface area (Å²) in [6.07, 6.45) is 6.55. The zero-order chi connectivity index (χ0) is 13.7. The summed E-state index contributed by atoms with van der Waals surface area (Å²) in [5, 5.41) is 0.946. The van der Waals surface area contributed by atoms with E-state index in [1.807, 2.05) is 12.1 Å². The molecule has 0 aliphatic carbocycles. The van der Waals surface area contributed by atoms with Crippen molar-refractivity contribution in [3.8, 4) is 0 Å². The molecule has 0 spiro atoms. The lowest BCUT2D eigenvalue weighted by Crippen LogP contribution is -1.95. The SMILES string of the molecule is C=CCCCCCC(=O)c1cc2ccc(F)cc2s1. The van der Waals surface area contributed by atoms with Crippen LogP contribution >= 0.6 is 11.3 Å². The maximum absolute atomic E-state index is 13.1. The maximum Gasteiger partial charge on any atom is 0.172 e. The Kier molecular flexibility index (Phi) is 4.86. The van der Waals surface area contributed by atoms with Crippen molar-refractivity contribution in [2.24, 2.45) is 0 Å².